The number of aromatic nitrogens is 4. The first-order chi connectivity index (χ1) is 11.9. The molecule has 7 nitrogen and oxygen atoms in total. The first-order valence-corrected chi connectivity index (χ1v) is 9.42. The molecule has 0 atom stereocenters. The Bertz CT molecular complexity index is 687. The summed E-state index contributed by atoms with van der Waals surface area (Å²) in [6.45, 7) is 4.83. The van der Waals surface area contributed by atoms with Crippen molar-refractivity contribution in [2.75, 3.05) is 38.6 Å². The van der Waals surface area contributed by atoms with Crippen LogP contribution in [0.1, 0.15) is 19.3 Å². The third kappa shape index (κ3) is 3.49. The van der Waals surface area contributed by atoms with Crippen molar-refractivity contribution in [2.45, 2.75) is 24.4 Å². The number of nitrogens with zero attached hydrogens (tertiary/aromatic N) is 5. The molecule has 2 aromatic rings. The summed E-state index contributed by atoms with van der Waals surface area (Å²) in [6, 6.07) is 5.80. The summed E-state index contributed by atoms with van der Waals surface area (Å²) in [5.41, 5.74) is 0.895. The molecule has 0 bridgehead atoms. The predicted octanol–water partition coefficient (Wildman–Crippen LogP) is 2.01. The summed E-state index contributed by atoms with van der Waals surface area (Å²) in [5.74, 6) is 2.54. The molecule has 8 heteroatoms. The van der Waals surface area contributed by atoms with Crippen LogP contribution in [-0.2, 0) is 0 Å². The average molecular weight is 347 g/mol. The Balaban J connectivity index is 1.39. The minimum absolute atomic E-state index is 0.574. The van der Waals surface area contributed by atoms with Gasteiger partial charge in [0.2, 0.25) is 5.16 Å². The summed E-state index contributed by atoms with van der Waals surface area (Å²) in [7, 11) is 0. The molecule has 0 aliphatic carbocycles. The molecule has 128 valence electrons. The molecule has 0 radical (unpaired) electrons. The summed E-state index contributed by atoms with van der Waals surface area (Å²) in [5, 5.41) is 12.9. The van der Waals surface area contributed by atoms with E-state index in [4.69, 9.17) is 9.47 Å². The van der Waals surface area contributed by atoms with E-state index >= 15 is 0 Å². The minimum Gasteiger partial charge on any atom is -0.486 e. The van der Waals surface area contributed by atoms with Crippen LogP contribution in [0.25, 0.3) is 5.69 Å². The summed E-state index contributed by atoms with van der Waals surface area (Å²) in [6.07, 6.45) is 3.84. The van der Waals surface area contributed by atoms with Gasteiger partial charge in [0.05, 0.1) is 5.69 Å². The molecule has 1 aromatic heterocycles. The summed E-state index contributed by atoms with van der Waals surface area (Å²) >= 11 is 1.70. The number of hydrogen-bond donors (Lipinski definition) is 0. The third-order valence-corrected chi connectivity index (χ3v) is 5.27. The molecule has 0 N–H and O–H groups in total. The number of benzene rings is 1. The van der Waals surface area contributed by atoms with E-state index in [9.17, 15) is 0 Å². The maximum absolute atomic E-state index is 5.64. The lowest BCUT2D eigenvalue weighted by Crippen LogP contribution is -2.20. The molecule has 4 rings (SSSR count). The number of ether oxygens (including phenoxy) is 2. The number of tetrazole rings is 1. The van der Waals surface area contributed by atoms with Crippen molar-refractivity contribution in [3.63, 3.8) is 0 Å². The number of hydrogen-bond acceptors (Lipinski definition) is 7. The Morgan fingerprint density at radius 1 is 1.08 bits per heavy atom. The quantitative estimate of drug-likeness (QED) is 0.585. The lowest BCUT2D eigenvalue weighted by atomic mass is 10.2. The molecule has 1 saturated heterocycles. The molecule has 0 spiro atoms. The molecule has 24 heavy (non-hydrogen) atoms. The van der Waals surface area contributed by atoms with Crippen molar-refractivity contribution in [3.05, 3.63) is 18.2 Å². The molecule has 1 fully saturated rings. The highest BCUT2D eigenvalue weighted by atomic mass is 32.2. The minimum atomic E-state index is 0.574. The third-order valence-electron chi connectivity index (χ3n) is 4.26. The number of rotatable bonds is 6. The van der Waals surface area contributed by atoms with E-state index in [1.54, 1.807) is 16.4 Å². The lowest BCUT2D eigenvalue weighted by molar-refractivity contribution is 0.171. The highest BCUT2D eigenvalue weighted by Gasteiger charge is 2.16. The molecule has 2 aliphatic rings. The standard InChI is InChI=1S/C16H21N5O2S/c1-2-7-20(6-1)8-3-11-24-16-17-18-19-21(16)13-4-5-14-15(12-13)23-10-9-22-14/h4-5,12H,1-3,6-11H2. The van der Waals surface area contributed by atoms with Gasteiger partial charge in [0.1, 0.15) is 13.2 Å². The molecular formula is C16H21N5O2S. The predicted molar refractivity (Wildman–Crippen MR) is 91.2 cm³/mol. The topological polar surface area (TPSA) is 65.3 Å². The van der Waals surface area contributed by atoms with Crippen molar-refractivity contribution in [2.24, 2.45) is 0 Å². The fourth-order valence-electron chi connectivity index (χ4n) is 3.05. The van der Waals surface area contributed by atoms with Crippen LogP contribution < -0.4 is 9.47 Å². The smallest absolute Gasteiger partial charge is 0.214 e. The normalized spacial score (nSPS) is 17.3. The fourth-order valence-corrected chi connectivity index (χ4v) is 3.87. The Morgan fingerprint density at radius 3 is 2.79 bits per heavy atom. The van der Waals surface area contributed by atoms with Crippen LogP contribution >= 0.6 is 11.8 Å². The lowest BCUT2D eigenvalue weighted by Gasteiger charge is -2.18. The van der Waals surface area contributed by atoms with Gasteiger partial charge in [0.15, 0.2) is 11.5 Å². The van der Waals surface area contributed by atoms with Gasteiger partial charge in [-0.05, 0) is 61.5 Å². The fraction of sp³-hybridized carbons (Fsp3) is 0.562. The Kier molecular flexibility index (Phi) is 4.84. The second-order valence-electron chi connectivity index (χ2n) is 5.95. The number of fused-ring (bicyclic) bond motifs is 1. The van der Waals surface area contributed by atoms with Gasteiger partial charge in [0.25, 0.3) is 0 Å². The van der Waals surface area contributed by atoms with Crippen LogP contribution in [0, 0.1) is 0 Å². The van der Waals surface area contributed by atoms with Gasteiger partial charge in [-0.2, -0.15) is 4.68 Å². The van der Waals surface area contributed by atoms with E-state index in [1.165, 1.54) is 32.5 Å². The van der Waals surface area contributed by atoms with Crippen LogP contribution in [0.15, 0.2) is 23.4 Å². The molecule has 3 heterocycles. The Hall–Kier alpha value is -1.80. The van der Waals surface area contributed by atoms with Gasteiger partial charge < -0.3 is 14.4 Å². The van der Waals surface area contributed by atoms with Gasteiger partial charge >= 0.3 is 0 Å². The van der Waals surface area contributed by atoms with E-state index in [0.717, 1.165) is 34.5 Å². The van der Waals surface area contributed by atoms with Gasteiger partial charge in [-0.15, -0.1) is 5.10 Å². The van der Waals surface area contributed by atoms with Crippen LogP contribution in [0.5, 0.6) is 11.5 Å². The number of likely N-dealkylation sites (tertiary alicyclic amines) is 1. The van der Waals surface area contributed by atoms with Crippen molar-refractivity contribution >= 4 is 11.8 Å². The largest absolute Gasteiger partial charge is 0.486 e. The van der Waals surface area contributed by atoms with Gasteiger partial charge in [-0.25, -0.2) is 0 Å². The Labute approximate surface area is 145 Å². The molecule has 2 aliphatic heterocycles. The summed E-state index contributed by atoms with van der Waals surface area (Å²) < 4.78 is 13.0. The maximum atomic E-state index is 5.64. The van der Waals surface area contributed by atoms with Gasteiger partial charge in [-0.3, -0.25) is 0 Å². The van der Waals surface area contributed by atoms with Crippen molar-refractivity contribution in [1.82, 2.24) is 25.1 Å². The van der Waals surface area contributed by atoms with Gasteiger partial charge in [-0.1, -0.05) is 11.8 Å². The zero-order valence-electron chi connectivity index (χ0n) is 13.6. The zero-order chi connectivity index (χ0) is 16.2. The SMILES string of the molecule is c1cc2c(cc1-n1nnnc1SCCCN1CCCC1)OCCO2. The average Bonchev–Trinajstić information content (AvgIpc) is 3.30. The van der Waals surface area contributed by atoms with E-state index in [-0.39, 0.29) is 0 Å². The van der Waals surface area contributed by atoms with E-state index < -0.39 is 0 Å². The first kappa shape index (κ1) is 15.7. The molecule has 1 aromatic carbocycles. The first-order valence-electron chi connectivity index (χ1n) is 8.44. The van der Waals surface area contributed by atoms with E-state index in [2.05, 4.69) is 20.4 Å². The molecular weight excluding hydrogens is 326 g/mol. The van der Waals surface area contributed by atoms with Gasteiger partial charge in [0, 0.05) is 11.8 Å². The summed E-state index contributed by atoms with van der Waals surface area (Å²) in [4.78, 5) is 2.53. The highest BCUT2D eigenvalue weighted by Crippen LogP contribution is 2.32. The van der Waals surface area contributed by atoms with Crippen molar-refractivity contribution < 1.29 is 9.47 Å². The zero-order valence-corrected chi connectivity index (χ0v) is 14.4. The van der Waals surface area contributed by atoms with Crippen molar-refractivity contribution in [3.8, 4) is 17.2 Å². The van der Waals surface area contributed by atoms with Crippen molar-refractivity contribution in [1.29, 1.82) is 0 Å². The Morgan fingerprint density at radius 2 is 1.92 bits per heavy atom. The van der Waals surface area contributed by atoms with Crippen LogP contribution in [-0.4, -0.2) is 63.7 Å². The van der Waals surface area contributed by atoms with E-state index in [1.807, 2.05) is 18.2 Å². The highest BCUT2D eigenvalue weighted by molar-refractivity contribution is 7.99. The van der Waals surface area contributed by atoms with E-state index in [0.29, 0.717) is 13.2 Å². The molecule has 0 saturated carbocycles. The second-order valence-corrected chi connectivity index (χ2v) is 7.01. The number of thioether (sulfide) groups is 1. The molecule has 0 amide bonds. The molecule has 0 unspecified atom stereocenters. The monoisotopic (exact) mass is 347 g/mol. The van der Waals surface area contributed by atoms with Crippen LogP contribution in [0.4, 0.5) is 0 Å². The maximum Gasteiger partial charge on any atom is 0.214 e. The van der Waals surface area contributed by atoms with Crippen LogP contribution in [0.3, 0.4) is 0 Å². The van der Waals surface area contributed by atoms with Crippen LogP contribution in [0.2, 0.25) is 0 Å². The second kappa shape index (κ2) is 7.40.